The van der Waals surface area contributed by atoms with E-state index >= 15 is 0 Å². The van der Waals surface area contributed by atoms with Gasteiger partial charge in [0.15, 0.2) is 0 Å². The smallest absolute Gasteiger partial charge is 0.0201 e. The zero-order valence-electron chi connectivity index (χ0n) is 14.0. The van der Waals surface area contributed by atoms with Crippen molar-refractivity contribution < 1.29 is 0 Å². The van der Waals surface area contributed by atoms with Gasteiger partial charge in [0.05, 0.1) is 0 Å². The lowest BCUT2D eigenvalue weighted by Crippen LogP contribution is -2.34. The molecule has 0 aromatic carbocycles. The van der Waals surface area contributed by atoms with Gasteiger partial charge in [0.2, 0.25) is 0 Å². The average Bonchev–Trinajstić information content (AvgIpc) is 2.99. The van der Waals surface area contributed by atoms with Crippen LogP contribution in [0.25, 0.3) is 0 Å². The Labute approximate surface area is 132 Å². The molecule has 2 heteroatoms. The highest BCUT2D eigenvalue weighted by Gasteiger charge is 2.23. The van der Waals surface area contributed by atoms with Crippen LogP contribution < -0.4 is 5.32 Å². The molecule has 0 aromatic heterocycles. The van der Waals surface area contributed by atoms with E-state index in [-0.39, 0.29) is 0 Å². The van der Waals surface area contributed by atoms with Crippen molar-refractivity contribution in [3.05, 3.63) is 0 Å². The van der Waals surface area contributed by atoms with Gasteiger partial charge in [-0.1, -0.05) is 71.1 Å². The molecule has 1 rings (SSSR count). The first-order chi connectivity index (χ1) is 9.88. The summed E-state index contributed by atoms with van der Waals surface area (Å²) < 4.78 is 0. The lowest BCUT2D eigenvalue weighted by atomic mass is 10.0. The summed E-state index contributed by atoms with van der Waals surface area (Å²) in [6, 6.07) is 0.775. The molecule has 1 saturated heterocycles. The lowest BCUT2D eigenvalue weighted by Gasteiger charge is -2.22. The Bertz CT molecular complexity index is 202. The molecule has 2 atom stereocenters. The molecule has 0 aliphatic carbocycles. The Morgan fingerprint density at radius 2 is 1.55 bits per heavy atom. The first-order valence-corrected chi connectivity index (χ1v) is 10.2. The van der Waals surface area contributed by atoms with Crippen molar-refractivity contribution >= 4 is 11.8 Å². The van der Waals surface area contributed by atoms with Crippen LogP contribution in [0.4, 0.5) is 0 Å². The maximum Gasteiger partial charge on any atom is 0.0201 e. The van der Waals surface area contributed by atoms with E-state index in [2.05, 4.69) is 31.1 Å². The van der Waals surface area contributed by atoms with Crippen LogP contribution in [0.1, 0.15) is 90.4 Å². The van der Waals surface area contributed by atoms with Crippen molar-refractivity contribution in [3.63, 3.8) is 0 Å². The third-order valence-electron chi connectivity index (χ3n) is 4.65. The average molecular weight is 300 g/mol. The highest BCUT2D eigenvalue weighted by Crippen LogP contribution is 2.30. The van der Waals surface area contributed by atoms with Crippen molar-refractivity contribution in [2.75, 3.05) is 12.8 Å². The van der Waals surface area contributed by atoms with Gasteiger partial charge in [-0.25, -0.2) is 0 Å². The molecule has 0 aromatic rings. The van der Waals surface area contributed by atoms with E-state index in [1.165, 1.54) is 89.2 Å². The summed E-state index contributed by atoms with van der Waals surface area (Å²) in [6.07, 6.45) is 18.7. The molecular weight excluding hydrogens is 262 g/mol. The maximum atomic E-state index is 3.55. The minimum absolute atomic E-state index is 0.775. The van der Waals surface area contributed by atoms with Gasteiger partial charge >= 0.3 is 0 Å². The van der Waals surface area contributed by atoms with Crippen LogP contribution in [-0.2, 0) is 0 Å². The Kier molecular flexibility index (Phi) is 11.9. The summed E-state index contributed by atoms with van der Waals surface area (Å²) in [7, 11) is 2.15. The summed E-state index contributed by atoms with van der Waals surface area (Å²) in [5.74, 6) is 1.39. The fraction of sp³-hybridized carbons (Fsp3) is 1.00. The van der Waals surface area contributed by atoms with E-state index in [0.29, 0.717) is 0 Å². The summed E-state index contributed by atoms with van der Waals surface area (Å²) in [6.45, 7) is 2.29. The Morgan fingerprint density at radius 1 is 0.950 bits per heavy atom. The van der Waals surface area contributed by atoms with Gasteiger partial charge in [0, 0.05) is 11.3 Å². The summed E-state index contributed by atoms with van der Waals surface area (Å²) in [5.41, 5.74) is 0. The molecule has 1 aliphatic heterocycles. The summed E-state index contributed by atoms with van der Waals surface area (Å²) in [5, 5.41) is 4.46. The Balaban J connectivity index is 1.85. The highest BCUT2D eigenvalue weighted by atomic mass is 32.2. The predicted molar refractivity (Wildman–Crippen MR) is 94.8 cm³/mol. The molecular formula is C18H37NS. The SMILES string of the molecule is CCCCCCCCCCCCC(NC)C1CCCS1. The van der Waals surface area contributed by atoms with E-state index in [4.69, 9.17) is 0 Å². The molecule has 0 spiro atoms. The molecule has 1 N–H and O–H groups in total. The van der Waals surface area contributed by atoms with Crippen LogP contribution >= 0.6 is 11.8 Å². The molecule has 0 bridgehead atoms. The molecule has 0 saturated carbocycles. The van der Waals surface area contributed by atoms with E-state index in [0.717, 1.165) is 11.3 Å². The van der Waals surface area contributed by atoms with Crippen LogP contribution in [0, 0.1) is 0 Å². The third-order valence-corrected chi connectivity index (χ3v) is 6.17. The van der Waals surface area contributed by atoms with E-state index in [1.807, 2.05) is 0 Å². The zero-order chi connectivity index (χ0) is 14.5. The van der Waals surface area contributed by atoms with Crippen LogP contribution in [0.2, 0.25) is 0 Å². The minimum Gasteiger partial charge on any atom is -0.316 e. The maximum absolute atomic E-state index is 3.55. The zero-order valence-corrected chi connectivity index (χ0v) is 14.8. The van der Waals surface area contributed by atoms with Gasteiger partial charge in [-0.3, -0.25) is 0 Å². The Hall–Kier alpha value is 0.310. The number of thioether (sulfide) groups is 1. The van der Waals surface area contributed by atoms with Crippen LogP contribution in [0.3, 0.4) is 0 Å². The number of hydrogen-bond donors (Lipinski definition) is 1. The van der Waals surface area contributed by atoms with Crippen molar-refractivity contribution in [2.45, 2.75) is 102 Å². The van der Waals surface area contributed by atoms with E-state index in [9.17, 15) is 0 Å². The fourth-order valence-corrected chi connectivity index (χ4v) is 4.76. The third kappa shape index (κ3) is 8.56. The second-order valence-electron chi connectivity index (χ2n) is 6.42. The topological polar surface area (TPSA) is 12.0 Å². The fourth-order valence-electron chi connectivity index (χ4n) is 3.29. The van der Waals surface area contributed by atoms with Crippen molar-refractivity contribution in [3.8, 4) is 0 Å². The van der Waals surface area contributed by atoms with Crippen molar-refractivity contribution in [2.24, 2.45) is 0 Å². The molecule has 0 amide bonds. The van der Waals surface area contributed by atoms with Crippen LogP contribution in [0.15, 0.2) is 0 Å². The molecule has 20 heavy (non-hydrogen) atoms. The molecule has 0 radical (unpaired) electrons. The summed E-state index contributed by atoms with van der Waals surface area (Å²) in [4.78, 5) is 0. The van der Waals surface area contributed by atoms with Crippen molar-refractivity contribution in [1.82, 2.24) is 5.32 Å². The van der Waals surface area contributed by atoms with E-state index < -0.39 is 0 Å². The molecule has 1 fully saturated rings. The van der Waals surface area contributed by atoms with Gasteiger partial charge < -0.3 is 5.32 Å². The monoisotopic (exact) mass is 299 g/mol. The first-order valence-electron chi connectivity index (χ1n) is 9.17. The van der Waals surface area contributed by atoms with Crippen molar-refractivity contribution in [1.29, 1.82) is 0 Å². The first kappa shape index (κ1) is 18.4. The molecule has 1 heterocycles. The Morgan fingerprint density at radius 3 is 2.05 bits per heavy atom. The summed E-state index contributed by atoms with van der Waals surface area (Å²) >= 11 is 2.19. The number of hydrogen-bond acceptors (Lipinski definition) is 2. The molecule has 1 aliphatic rings. The quantitative estimate of drug-likeness (QED) is 0.433. The standard InChI is InChI=1S/C18H37NS/c1-3-4-5-6-7-8-9-10-11-12-14-17(19-2)18-15-13-16-20-18/h17-19H,3-16H2,1-2H3. The highest BCUT2D eigenvalue weighted by molar-refractivity contribution is 8.00. The largest absolute Gasteiger partial charge is 0.316 e. The normalized spacial score (nSPS) is 20.4. The van der Waals surface area contributed by atoms with Gasteiger partial charge in [0.1, 0.15) is 0 Å². The van der Waals surface area contributed by atoms with E-state index in [1.54, 1.807) is 0 Å². The number of nitrogens with one attached hydrogen (secondary N) is 1. The second kappa shape index (κ2) is 13.0. The molecule has 2 unspecified atom stereocenters. The number of rotatable bonds is 13. The molecule has 1 nitrogen and oxygen atoms in total. The van der Waals surface area contributed by atoms with Crippen LogP contribution in [0.5, 0.6) is 0 Å². The number of unbranched alkanes of at least 4 members (excludes halogenated alkanes) is 9. The van der Waals surface area contributed by atoms with Gasteiger partial charge in [0.25, 0.3) is 0 Å². The minimum atomic E-state index is 0.775. The van der Waals surface area contributed by atoms with Gasteiger partial charge in [-0.05, 0) is 32.1 Å². The second-order valence-corrected chi connectivity index (χ2v) is 7.76. The van der Waals surface area contributed by atoms with Gasteiger partial charge in [-0.15, -0.1) is 0 Å². The lowest BCUT2D eigenvalue weighted by molar-refractivity contribution is 0.460. The predicted octanol–water partition coefficient (Wildman–Crippen LogP) is 5.78. The van der Waals surface area contributed by atoms with Gasteiger partial charge in [-0.2, -0.15) is 11.8 Å². The van der Waals surface area contributed by atoms with Crippen LogP contribution in [-0.4, -0.2) is 24.1 Å². The molecule has 120 valence electrons.